The van der Waals surface area contributed by atoms with Crippen molar-refractivity contribution in [3.05, 3.63) is 72.3 Å². The number of anilines is 1. The highest BCUT2D eigenvalue weighted by Gasteiger charge is 2.15. The molecule has 2 aromatic heterocycles. The van der Waals surface area contributed by atoms with Crippen LogP contribution in [0.5, 0.6) is 0 Å². The Labute approximate surface area is 134 Å². The smallest absolute Gasteiger partial charge is 0.222 e. The highest BCUT2D eigenvalue weighted by molar-refractivity contribution is 5.29. The molecule has 3 aromatic rings. The maximum atomic E-state index is 9.38. The summed E-state index contributed by atoms with van der Waals surface area (Å²) in [5.74, 6) is 0.519. The van der Waals surface area contributed by atoms with E-state index in [1.807, 2.05) is 18.2 Å². The van der Waals surface area contributed by atoms with Crippen LogP contribution in [0.3, 0.4) is 0 Å². The van der Waals surface area contributed by atoms with Crippen molar-refractivity contribution in [2.24, 2.45) is 0 Å². The Kier molecular flexibility index (Phi) is 4.60. The van der Waals surface area contributed by atoms with Crippen molar-refractivity contribution in [1.29, 1.82) is 5.26 Å². The molecule has 0 saturated heterocycles. The molecule has 114 valence electrons. The average Bonchev–Trinajstić information content (AvgIpc) is 3.11. The number of hydrogen-bond acceptors (Lipinski definition) is 5. The molecule has 23 heavy (non-hydrogen) atoms. The van der Waals surface area contributed by atoms with E-state index in [1.165, 1.54) is 5.56 Å². The van der Waals surface area contributed by atoms with Gasteiger partial charge in [0.05, 0.1) is 11.8 Å². The molecule has 6 heteroatoms. The molecule has 1 unspecified atom stereocenters. The second kappa shape index (κ2) is 7.18. The van der Waals surface area contributed by atoms with Crippen LogP contribution in [0.25, 0.3) is 0 Å². The normalized spacial score (nSPS) is 11.6. The molecule has 0 aliphatic heterocycles. The first kappa shape index (κ1) is 14.7. The summed E-state index contributed by atoms with van der Waals surface area (Å²) >= 11 is 0. The lowest BCUT2D eigenvalue weighted by molar-refractivity contribution is 0.606. The molecule has 0 aliphatic rings. The maximum absolute atomic E-state index is 9.38. The monoisotopic (exact) mass is 304 g/mol. The van der Waals surface area contributed by atoms with Crippen LogP contribution >= 0.6 is 0 Å². The summed E-state index contributed by atoms with van der Waals surface area (Å²) in [7, 11) is 0. The minimum atomic E-state index is -0.553. The predicted molar refractivity (Wildman–Crippen MR) is 86.6 cm³/mol. The zero-order valence-corrected chi connectivity index (χ0v) is 12.5. The quantitative estimate of drug-likeness (QED) is 0.756. The lowest BCUT2D eigenvalue weighted by Crippen LogP contribution is -2.14. The van der Waals surface area contributed by atoms with Crippen LogP contribution in [0.1, 0.15) is 17.3 Å². The van der Waals surface area contributed by atoms with Gasteiger partial charge in [-0.1, -0.05) is 30.3 Å². The first-order valence-electron chi connectivity index (χ1n) is 7.36. The second-order valence-corrected chi connectivity index (χ2v) is 4.99. The molecule has 0 aliphatic carbocycles. The topological polar surface area (TPSA) is 79.4 Å². The molecule has 3 rings (SSSR count). The van der Waals surface area contributed by atoms with Crippen LogP contribution in [0, 0.1) is 11.3 Å². The second-order valence-electron chi connectivity index (χ2n) is 4.99. The van der Waals surface area contributed by atoms with Gasteiger partial charge >= 0.3 is 0 Å². The van der Waals surface area contributed by atoms with Crippen LogP contribution in [-0.2, 0) is 6.42 Å². The Morgan fingerprint density at radius 1 is 1.13 bits per heavy atom. The molecule has 0 fully saturated rings. The van der Waals surface area contributed by atoms with Gasteiger partial charge in [-0.3, -0.25) is 0 Å². The number of rotatable bonds is 6. The van der Waals surface area contributed by atoms with Crippen molar-refractivity contribution in [1.82, 2.24) is 19.7 Å². The van der Waals surface area contributed by atoms with E-state index in [-0.39, 0.29) is 0 Å². The highest BCUT2D eigenvalue weighted by atomic mass is 15.3. The van der Waals surface area contributed by atoms with Crippen LogP contribution < -0.4 is 5.32 Å². The van der Waals surface area contributed by atoms with E-state index in [4.69, 9.17) is 0 Å². The van der Waals surface area contributed by atoms with E-state index in [0.717, 1.165) is 13.0 Å². The van der Waals surface area contributed by atoms with Gasteiger partial charge in [-0.2, -0.15) is 10.4 Å². The summed E-state index contributed by atoms with van der Waals surface area (Å²) in [6.45, 7) is 0.729. The van der Waals surface area contributed by atoms with Crippen LogP contribution in [-0.4, -0.2) is 26.3 Å². The summed E-state index contributed by atoms with van der Waals surface area (Å²) in [4.78, 5) is 8.63. The van der Waals surface area contributed by atoms with Gasteiger partial charge in [-0.05, 0) is 24.1 Å². The predicted octanol–water partition coefficient (Wildman–Crippen LogP) is 2.44. The number of nitrogens with zero attached hydrogens (tertiary/aromatic N) is 5. The van der Waals surface area contributed by atoms with E-state index in [9.17, 15) is 5.26 Å². The Bertz CT molecular complexity index is 776. The van der Waals surface area contributed by atoms with E-state index in [1.54, 1.807) is 35.4 Å². The third-order valence-electron chi connectivity index (χ3n) is 3.41. The van der Waals surface area contributed by atoms with E-state index in [0.29, 0.717) is 11.6 Å². The first-order valence-corrected chi connectivity index (χ1v) is 7.36. The molecule has 2 heterocycles. The minimum Gasteiger partial charge on any atom is -0.354 e. The summed E-state index contributed by atoms with van der Waals surface area (Å²) < 4.78 is 1.58. The Morgan fingerprint density at radius 3 is 2.74 bits per heavy atom. The summed E-state index contributed by atoms with van der Waals surface area (Å²) in [6.07, 6.45) is 5.93. The van der Waals surface area contributed by atoms with Crippen LogP contribution in [0.2, 0.25) is 0 Å². The number of nitriles is 1. The van der Waals surface area contributed by atoms with Crippen molar-refractivity contribution in [2.45, 2.75) is 12.5 Å². The minimum absolute atomic E-state index is 0.519. The van der Waals surface area contributed by atoms with E-state index in [2.05, 4.69) is 38.6 Å². The Morgan fingerprint density at radius 2 is 2.00 bits per heavy atom. The fraction of sp³-hybridized carbons (Fsp3) is 0.176. The summed E-state index contributed by atoms with van der Waals surface area (Å²) in [5.41, 5.74) is 1.87. The van der Waals surface area contributed by atoms with Gasteiger partial charge in [0.2, 0.25) is 5.95 Å². The summed E-state index contributed by atoms with van der Waals surface area (Å²) in [5, 5.41) is 16.7. The molecule has 0 saturated carbocycles. The molecule has 0 radical (unpaired) electrons. The molecule has 0 amide bonds. The van der Waals surface area contributed by atoms with Crippen molar-refractivity contribution < 1.29 is 0 Å². The fourth-order valence-electron chi connectivity index (χ4n) is 2.27. The van der Waals surface area contributed by atoms with Gasteiger partial charge in [0.15, 0.2) is 6.04 Å². The standard InChI is InChI=1S/C17H16N6/c18-13-16(23-12-4-9-21-23)15-8-11-20-17(22-15)19-10-7-14-5-2-1-3-6-14/h1-6,8-9,11-12,16H,7,10H2,(H,19,20,22). The van der Waals surface area contributed by atoms with Crippen molar-refractivity contribution >= 4 is 5.95 Å². The zero-order valence-electron chi connectivity index (χ0n) is 12.5. The van der Waals surface area contributed by atoms with Gasteiger partial charge in [0, 0.05) is 25.1 Å². The maximum Gasteiger partial charge on any atom is 0.222 e. The van der Waals surface area contributed by atoms with Crippen molar-refractivity contribution in [3.8, 4) is 6.07 Å². The lowest BCUT2D eigenvalue weighted by Gasteiger charge is -2.11. The van der Waals surface area contributed by atoms with Gasteiger partial charge < -0.3 is 5.32 Å². The van der Waals surface area contributed by atoms with Gasteiger partial charge in [-0.25, -0.2) is 14.6 Å². The molecule has 1 N–H and O–H groups in total. The van der Waals surface area contributed by atoms with Gasteiger partial charge in [-0.15, -0.1) is 0 Å². The zero-order chi connectivity index (χ0) is 15.9. The third-order valence-corrected chi connectivity index (χ3v) is 3.41. The van der Waals surface area contributed by atoms with Crippen molar-refractivity contribution in [3.63, 3.8) is 0 Å². The SMILES string of the molecule is N#CC(c1ccnc(NCCc2ccccc2)n1)n1cccn1. The molecule has 6 nitrogen and oxygen atoms in total. The van der Waals surface area contributed by atoms with Gasteiger partial charge in [0.25, 0.3) is 0 Å². The van der Waals surface area contributed by atoms with Crippen LogP contribution in [0.15, 0.2) is 61.1 Å². The average molecular weight is 304 g/mol. The molecule has 0 spiro atoms. The summed E-state index contributed by atoms with van der Waals surface area (Å²) in [6, 6.07) is 15.4. The number of benzene rings is 1. The van der Waals surface area contributed by atoms with Crippen LogP contribution in [0.4, 0.5) is 5.95 Å². The fourth-order valence-corrected chi connectivity index (χ4v) is 2.27. The largest absolute Gasteiger partial charge is 0.354 e. The van der Waals surface area contributed by atoms with E-state index < -0.39 is 6.04 Å². The third kappa shape index (κ3) is 3.71. The molecular weight excluding hydrogens is 288 g/mol. The lowest BCUT2D eigenvalue weighted by atomic mass is 10.1. The molecular formula is C17H16N6. The number of aromatic nitrogens is 4. The number of hydrogen-bond donors (Lipinski definition) is 1. The van der Waals surface area contributed by atoms with E-state index >= 15 is 0 Å². The highest BCUT2D eigenvalue weighted by Crippen LogP contribution is 2.15. The Balaban J connectivity index is 1.67. The number of nitrogens with one attached hydrogen (secondary N) is 1. The molecule has 0 bridgehead atoms. The molecule has 1 aromatic carbocycles. The first-order chi connectivity index (χ1) is 11.4. The van der Waals surface area contributed by atoms with Gasteiger partial charge in [0.1, 0.15) is 0 Å². The van der Waals surface area contributed by atoms with Crippen molar-refractivity contribution in [2.75, 3.05) is 11.9 Å². The molecule has 1 atom stereocenters. The Hall–Kier alpha value is -3.20.